The predicted molar refractivity (Wildman–Crippen MR) is 107 cm³/mol. The zero-order valence-electron chi connectivity index (χ0n) is 15.1. The van der Waals surface area contributed by atoms with E-state index in [0.717, 1.165) is 12.8 Å². The first kappa shape index (κ1) is 18.6. The number of benzene rings is 1. The molecule has 0 aliphatic heterocycles. The third-order valence-electron chi connectivity index (χ3n) is 4.69. The molecule has 1 aromatic carbocycles. The van der Waals surface area contributed by atoms with Gasteiger partial charge in [-0.25, -0.2) is 9.78 Å². The predicted octanol–water partition coefficient (Wildman–Crippen LogP) is 3.77. The van der Waals surface area contributed by atoms with E-state index >= 15 is 0 Å². The maximum Gasteiger partial charge on any atom is 0.340 e. The van der Waals surface area contributed by atoms with Crippen LogP contribution in [0.2, 0.25) is 5.02 Å². The van der Waals surface area contributed by atoms with Gasteiger partial charge in [-0.05, 0) is 37.2 Å². The van der Waals surface area contributed by atoms with E-state index in [4.69, 9.17) is 33.3 Å². The minimum absolute atomic E-state index is 0.00374. The second-order valence-corrected chi connectivity index (χ2v) is 7.18. The van der Waals surface area contributed by atoms with Crippen LogP contribution in [0.4, 0.5) is 0 Å². The number of ether oxygens (including phenoxy) is 2. The third kappa shape index (κ3) is 2.89. The molecule has 2 heterocycles. The number of carbonyl (C=O) groups excluding carboxylic acids is 1. The topological polar surface area (TPSA) is 86.2 Å². The molecule has 1 aliphatic carbocycles. The molecule has 7 nitrogen and oxygen atoms in total. The average Bonchev–Trinajstić information content (AvgIpc) is 3.52. The molecule has 4 rings (SSSR count). The van der Waals surface area contributed by atoms with Gasteiger partial charge in [0.15, 0.2) is 10.4 Å². The van der Waals surface area contributed by atoms with E-state index in [1.54, 1.807) is 16.7 Å². The van der Waals surface area contributed by atoms with Gasteiger partial charge in [-0.2, -0.15) is 0 Å². The van der Waals surface area contributed by atoms with Gasteiger partial charge in [-0.15, -0.1) is 0 Å². The number of H-pyrrole nitrogens is 1. The lowest BCUT2D eigenvalue weighted by Gasteiger charge is -2.17. The first-order valence-corrected chi connectivity index (χ1v) is 9.36. The molecule has 3 aromatic rings. The molecular formula is C19H16ClN3O4S. The number of nitrogens with one attached hydrogen (secondary N) is 1. The molecule has 1 N–H and O–H groups in total. The summed E-state index contributed by atoms with van der Waals surface area (Å²) in [4.78, 5) is 32.5. The Kier molecular flexibility index (Phi) is 4.68. The number of methoxy groups -OCH3 is 2. The molecule has 0 amide bonds. The molecule has 0 spiro atoms. The highest BCUT2D eigenvalue weighted by atomic mass is 35.5. The van der Waals surface area contributed by atoms with Crippen molar-refractivity contribution in [3.63, 3.8) is 0 Å². The van der Waals surface area contributed by atoms with Crippen molar-refractivity contribution >= 4 is 40.8 Å². The number of pyridine rings is 1. The SMILES string of the molecule is COC(=O)c1c(Cl)c(C2CC2)nc2c1c(=O)[nH]c(=S)n2-c1ccccc1OC. The molecule has 28 heavy (non-hydrogen) atoms. The molecule has 1 aliphatic rings. The van der Waals surface area contributed by atoms with E-state index < -0.39 is 11.5 Å². The maximum absolute atomic E-state index is 12.8. The van der Waals surface area contributed by atoms with Crippen LogP contribution in [-0.2, 0) is 4.74 Å². The van der Waals surface area contributed by atoms with Gasteiger partial charge in [-0.1, -0.05) is 23.7 Å². The minimum Gasteiger partial charge on any atom is -0.495 e. The van der Waals surface area contributed by atoms with Crippen molar-refractivity contribution in [3.05, 3.63) is 55.7 Å². The van der Waals surface area contributed by atoms with Crippen molar-refractivity contribution in [3.8, 4) is 11.4 Å². The second kappa shape index (κ2) is 7.03. The minimum atomic E-state index is -0.700. The van der Waals surface area contributed by atoms with Crippen LogP contribution in [0.25, 0.3) is 16.7 Å². The molecule has 0 unspecified atom stereocenters. The molecule has 144 valence electrons. The van der Waals surface area contributed by atoms with E-state index in [-0.39, 0.29) is 32.3 Å². The van der Waals surface area contributed by atoms with Gasteiger partial charge in [-0.3, -0.25) is 14.3 Å². The molecular weight excluding hydrogens is 402 g/mol. The fourth-order valence-electron chi connectivity index (χ4n) is 3.22. The highest BCUT2D eigenvalue weighted by molar-refractivity contribution is 7.71. The molecule has 0 saturated heterocycles. The fraction of sp³-hybridized carbons (Fsp3) is 0.263. The van der Waals surface area contributed by atoms with Crippen LogP contribution >= 0.6 is 23.8 Å². The number of aromatic nitrogens is 3. The van der Waals surface area contributed by atoms with Crippen molar-refractivity contribution in [2.24, 2.45) is 0 Å². The maximum atomic E-state index is 12.8. The van der Waals surface area contributed by atoms with E-state index in [1.807, 2.05) is 12.1 Å². The standard InChI is InChI=1S/C19H16ClN3O4S/c1-26-11-6-4-3-5-10(11)23-16-13(17(24)22-19(23)28)12(18(25)27-2)14(20)15(21-16)9-7-8-9/h3-6,9H,7-8H2,1-2H3,(H,22,24,28). The number of halogens is 1. The van der Waals surface area contributed by atoms with Crippen molar-refractivity contribution in [2.75, 3.05) is 14.2 Å². The highest BCUT2D eigenvalue weighted by Gasteiger charge is 2.33. The Labute approximate surface area is 169 Å². The summed E-state index contributed by atoms with van der Waals surface area (Å²) in [5.41, 5.74) is 0.839. The monoisotopic (exact) mass is 417 g/mol. The first-order chi connectivity index (χ1) is 13.5. The summed E-state index contributed by atoms with van der Waals surface area (Å²) in [7, 11) is 2.78. The smallest absolute Gasteiger partial charge is 0.340 e. The largest absolute Gasteiger partial charge is 0.495 e. The number of para-hydroxylation sites is 2. The Morgan fingerprint density at radius 2 is 2.04 bits per heavy atom. The molecule has 0 bridgehead atoms. The Bertz CT molecular complexity index is 1230. The van der Waals surface area contributed by atoms with Crippen molar-refractivity contribution < 1.29 is 14.3 Å². The van der Waals surface area contributed by atoms with Crippen LogP contribution in [0.3, 0.4) is 0 Å². The fourth-order valence-corrected chi connectivity index (χ4v) is 3.86. The third-order valence-corrected chi connectivity index (χ3v) is 5.35. The summed E-state index contributed by atoms with van der Waals surface area (Å²) in [6, 6.07) is 7.19. The van der Waals surface area contributed by atoms with Gasteiger partial charge in [0.25, 0.3) is 5.56 Å². The van der Waals surface area contributed by atoms with E-state index in [9.17, 15) is 9.59 Å². The Balaban J connectivity index is 2.21. The lowest BCUT2D eigenvalue weighted by atomic mass is 10.1. The van der Waals surface area contributed by atoms with E-state index in [1.165, 1.54) is 14.2 Å². The van der Waals surface area contributed by atoms with Gasteiger partial charge in [0.1, 0.15) is 5.75 Å². The molecule has 1 saturated carbocycles. The lowest BCUT2D eigenvalue weighted by molar-refractivity contribution is 0.0603. The Hall–Kier alpha value is -2.71. The number of rotatable bonds is 4. The summed E-state index contributed by atoms with van der Waals surface area (Å²) >= 11 is 11.9. The summed E-state index contributed by atoms with van der Waals surface area (Å²) in [5, 5.41) is 0.178. The first-order valence-electron chi connectivity index (χ1n) is 8.58. The summed E-state index contributed by atoms with van der Waals surface area (Å²) in [6.07, 6.45) is 1.83. The zero-order chi connectivity index (χ0) is 20.0. The van der Waals surface area contributed by atoms with Gasteiger partial charge in [0.05, 0.1) is 41.6 Å². The van der Waals surface area contributed by atoms with Gasteiger partial charge in [0, 0.05) is 5.92 Å². The zero-order valence-corrected chi connectivity index (χ0v) is 16.7. The van der Waals surface area contributed by atoms with Crippen molar-refractivity contribution in [1.82, 2.24) is 14.5 Å². The Morgan fingerprint density at radius 3 is 2.68 bits per heavy atom. The van der Waals surface area contributed by atoms with Crippen LogP contribution in [0.1, 0.15) is 34.8 Å². The van der Waals surface area contributed by atoms with Crippen LogP contribution in [0, 0.1) is 4.77 Å². The van der Waals surface area contributed by atoms with E-state index in [2.05, 4.69) is 9.97 Å². The number of aromatic amines is 1. The average molecular weight is 418 g/mol. The molecule has 9 heteroatoms. The second-order valence-electron chi connectivity index (χ2n) is 6.42. The summed E-state index contributed by atoms with van der Waals surface area (Å²) in [5.74, 6) is -0.0240. The van der Waals surface area contributed by atoms with Gasteiger partial charge < -0.3 is 9.47 Å². The Morgan fingerprint density at radius 1 is 1.32 bits per heavy atom. The number of hydrogen-bond donors (Lipinski definition) is 1. The van der Waals surface area contributed by atoms with Crippen molar-refractivity contribution in [1.29, 1.82) is 0 Å². The number of fused-ring (bicyclic) bond motifs is 1. The number of hydrogen-bond acceptors (Lipinski definition) is 6. The van der Waals surface area contributed by atoms with Crippen LogP contribution in [-0.4, -0.2) is 34.7 Å². The van der Waals surface area contributed by atoms with Gasteiger partial charge in [0.2, 0.25) is 0 Å². The van der Waals surface area contributed by atoms with Crippen LogP contribution in [0.5, 0.6) is 5.75 Å². The quantitative estimate of drug-likeness (QED) is 0.513. The molecule has 0 atom stereocenters. The normalized spacial score (nSPS) is 13.5. The molecule has 0 radical (unpaired) electrons. The van der Waals surface area contributed by atoms with Crippen LogP contribution < -0.4 is 10.3 Å². The van der Waals surface area contributed by atoms with E-state index in [0.29, 0.717) is 17.1 Å². The number of esters is 1. The van der Waals surface area contributed by atoms with Crippen LogP contribution in [0.15, 0.2) is 29.1 Å². The van der Waals surface area contributed by atoms with Gasteiger partial charge >= 0.3 is 5.97 Å². The summed E-state index contributed by atoms with van der Waals surface area (Å²) < 4.78 is 12.1. The number of carbonyl (C=O) groups is 1. The summed E-state index contributed by atoms with van der Waals surface area (Å²) in [6.45, 7) is 0. The highest BCUT2D eigenvalue weighted by Crippen LogP contribution is 2.44. The lowest BCUT2D eigenvalue weighted by Crippen LogP contribution is -2.20. The van der Waals surface area contributed by atoms with Crippen molar-refractivity contribution in [2.45, 2.75) is 18.8 Å². The number of nitrogens with zero attached hydrogens (tertiary/aromatic N) is 2. The molecule has 1 fully saturated rings. The molecule has 2 aromatic heterocycles.